The molecule has 12 nitrogen and oxygen atoms in total. The number of carboxylic acid groups (broad SMARTS) is 1. The summed E-state index contributed by atoms with van der Waals surface area (Å²) in [7, 11) is 0. The van der Waals surface area contributed by atoms with Gasteiger partial charge < -0.3 is 37.6 Å². The zero-order valence-electron chi connectivity index (χ0n) is 16.1. The lowest BCUT2D eigenvalue weighted by Gasteiger charge is -2.25. The lowest BCUT2D eigenvalue weighted by Crippen LogP contribution is -2.59. The van der Waals surface area contributed by atoms with Crippen molar-refractivity contribution in [2.24, 2.45) is 17.4 Å². The number of amides is 4. The molecule has 0 aliphatic heterocycles. The molecule has 0 aliphatic rings. The summed E-state index contributed by atoms with van der Waals surface area (Å²) in [6, 6.07) is -5.10. The van der Waals surface area contributed by atoms with Crippen LogP contribution in [0.25, 0.3) is 0 Å². The number of carboxylic acids is 1. The summed E-state index contributed by atoms with van der Waals surface area (Å²) >= 11 is 0. The van der Waals surface area contributed by atoms with Gasteiger partial charge in [0.25, 0.3) is 0 Å². The topological polar surface area (TPSA) is 214 Å². The molecule has 0 heterocycles. The smallest absolute Gasteiger partial charge is 0.326 e. The second-order valence-electron chi connectivity index (χ2n) is 6.47. The molecule has 0 aromatic heterocycles. The van der Waals surface area contributed by atoms with Gasteiger partial charge in [-0.3, -0.25) is 19.2 Å². The molecule has 0 aromatic carbocycles. The van der Waals surface area contributed by atoms with Gasteiger partial charge >= 0.3 is 5.97 Å². The molecule has 0 saturated carbocycles. The molecule has 4 amide bonds. The molecule has 0 radical (unpaired) electrons. The van der Waals surface area contributed by atoms with Crippen LogP contribution in [0, 0.1) is 5.92 Å². The van der Waals surface area contributed by atoms with Crippen molar-refractivity contribution in [3.05, 3.63) is 0 Å². The van der Waals surface area contributed by atoms with Crippen molar-refractivity contribution >= 4 is 29.6 Å². The van der Waals surface area contributed by atoms with Crippen molar-refractivity contribution < 1.29 is 34.2 Å². The van der Waals surface area contributed by atoms with E-state index in [2.05, 4.69) is 16.0 Å². The van der Waals surface area contributed by atoms with Crippen LogP contribution in [0.2, 0.25) is 0 Å². The maximum atomic E-state index is 12.3. The zero-order chi connectivity index (χ0) is 22.0. The second kappa shape index (κ2) is 11.9. The molecule has 0 aromatic rings. The molecule has 160 valence electrons. The van der Waals surface area contributed by atoms with Gasteiger partial charge in [0.05, 0.1) is 19.1 Å². The van der Waals surface area contributed by atoms with Gasteiger partial charge in [0, 0.05) is 0 Å². The van der Waals surface area contributed by atoms with Crippen molar-refractivity contribution in [3.8, 4) is 0 Å². The Morgan fingerprint density at radius 1 is 0.929 bits per heavy atom. The zero-order valence-corrected chi connectivity index (χ0v) is 16.1. The van der Waals surface area contributed by atoms with Crippen LogP contribution in [-0.4, -0.2) is 70.6 Å². The minimum atomic E-state index is -1.50. The molecule has 0 fully saturated rings. The Bertz CT molecular complexity index is 596. The third-order valence-electron chi connectivity index (χ3n) is 4.04. The standard InChI is InChI=1S/C16H29N5O7/c1-4-7(2)12(16(27)28)21-15(26)10(6-22)20-14(25)9(5-11(18)23)19-13(24)8(3)17/h7-10,12,22H,4-6,17H2,1-3H3,(H2,18,23)(H,19,24)(H,20,25)(H,21,26)(H,27,28). The van der Waals surface area contributed by atoms with Crippen molar-refractivity contribution in [1.29, 1.82) is 0 Å². The van der Waals surface area contributed by atoms with E-state index in [1.807, 2.05) is 0 Å². The van der Waals surface area contributed by atoms with E-state index in [-0.39, 0.29) is 0 Å². The van der Waals surface area contributed by atoms with Crippen LogP contribution >= 0.6 is 0 Å². The number of carbonyl (C=O) groups is 5. The molecule has 12 heteroatoms. The Balaban J connectivity index is 5.22. The largest absolute Gasteiger partial charge is 0.480 e. The van der Waals surface area contributed by atoms with E-state index in [0.717, 1.165) is 0 Å². The molecule has 5 atom stereocenters. The van der Waals surface area contributed by atoms with E-state index in [9.17, 15) is 34.2 Å². The first-order valence-corrected chi connectivity index (χ1v) is 8.73. The monoisotopic (exact) mass is 403 g/mol. The van der Waals surface area contributed by atoms with Crippen molar-refractivity contribution in [2.45, 2.75) is 57.8 Å². The van der Waals surface area contributed by atoms with Crippen LogP contribution < -0.4 is 27.4 Å². The maximum absolute atomic E-state index is 12.3. The highest BCUT2D eigenvalue weighted by Crippen LogP contribution is 2.08. The predicted molar refractivity (Wildman–Crippen MR) is 97.4 cm³/mol. The molecule has 0 spiro atoms. The predicted octanol–water partition coefficient (Wildman–Crippen LogP) is -3.21. The van der Waals surface area contributed by atoms with Crippen LogP contribution in [0.5, 0.6) is 0 Å². The lowest BCUT2D eigenvalue weighted by atomic mass is 9.99. The minimum absolute atomic E-state index is 0.399. The molecule has 0 saturated heterocycles. The number of aliphatic carboxylic acids is 1. The van der Waals surface area contributed by atoms with Gasteiger partial charge in [0.15, 0.2) is 0 Å². The van der Waals surface area contributed by atoms with Gasteiger partial charge in [-0.05, 0) is 12.8 Å². The van der Waals surface area contributed by atoms with Crippen LogP contribution in [0.15, 0.2) is 0 Å². The Morgan fingerprint density at radius 2 is 1.43 bits per heavy atom. The fourth-order valence-electron chi connectivity index (χ4n) is 2.12. The van der Waals surface area contributed by atoms with Gasteiger partial charge in [-0.15, -0.1) is 0 Å². The molecule has 5 unspecified atom stereocenters. The summed E-state index contributed by atoms with van der Waals surface area (Å²) in [6.45, 7) is 3.89. The molecule has 9 N–H and O–H groups in total. The highest BCUT2D eigenvalue weighted by Gasteiger charge is 2.31. The van der Waals surface area contributed by atoms with E-state index < -0.39 is 72.7 Å². The van der Waals surface area contributed by atoms with Crippen LogP contribution in [0.4, 0.5) is 0 Å². The number of hydrogen-bond acceptors (Lipinski definition) is 7. The summed E-state index contributed by atoms with van der Waals surface area (Å²) in [6.07, 6.45) is -0.0912. The number of aliphatic hydroxyl groups is 1. The SMILES string of the molecule is CCC(C)C(NC(=O)C(CO)NC(=O)C(CC(N)=O)NC(=O)C(C)N)C(=O)O. The highest BCUT2D eigenvalue weighted by molar-refractivity contribution is 5.96. The number of aliphatic hydroxyl groups excluding tert-OH is 1. The first-order chi connectivity index (χ1) is 12.9. The van der Waals surface area contributed by atoms with Gasteiger partial charge in [0.1, 0.15) is 18.1 Å². The summed E-state index contributed by atoms with van der Waals surface area (Å²) < 4.78 is 0. The van der Waals surface area contributed by atoms with Crippen LogP contribution in [-0.2, 0) is 24.0 Å². The van der Waals surface area contributed by atoms with Gasteiger partial charge in [-0.25, -0.2) is 4.79 Å². The van der Waals surface area contributed by atoms with E-state index in [1.165, 1.54) is 6.92 Å². The van der Waals surface area contributed by atoms with E-state index in [4.69, 9.17) is 11.5 Å². The van der Waals surface area contributed by atoms with E-state index in [1.54, 1.807) is 13.8 Å². The number of primary amides is 1. The quantitative estimate of drug-likeness (QED) is 0.175. The molecular formula is C16H29N5O7. The van der Waals surface area contributed by atoms with Crippen molar-refractivity contribution in [2.75, 3.05) is 6.61 Å². The van der Waals surface area contributed by atoms with Crippen LogP contribution in [0.3, 0.4) is 0 Å². The van der Waals surface area contributed by atoms with Gasteiger partial charge in [-0.2, -0.15) is 0 Å². The summed E-state index contributed by atoms with van der Waals surface area (Å²) in [5, 5.41) is 25.3. The highest BCUT2D eigenvalue weighted by atomic mass is 16.4. The van der Waals surface area contributed by atoms with Gasteiger partial charge in [-0.1, -0.05) is 20.3 Å². The minimum Gasteiger partial charge on any atom is -0.480 e. The Morgan fingerprint density at radius 3 is 1.82 bits per heavy atom. The number of carbonyl (C=O) groups excluding carboxylic acids is 4. The van der Waals surface area contributed by atoms with E-state index >= 15 is 0 Å². The van der Waals surface area contributed by atoms with Crippen molar-refractivity contribution in [3.63, 3.8) is 0 Å². The molecule has 28 heavy (non-hydrogen) atoms. The maximum Gasteiger partial charge on any atom is 0.326 e. The first kappa shape index (κ1) is 25.3. The number of nitrogens with one attached hydrogen (secondary N) is 3. The second-order valence-corrected chi connectivity index (χ2v) is 6.47. The fraction of sp³-hybridized carbons (Fsp3) is 0.688. The average molecular weight is 403 g/mol. The average Bonchev–Trinajstić information content (AvgIpc) is 2.61. The van der Waals surface area contributed by atoms with Crippen molar-refractivity contribution in [1.82, 2.24) is 16.0 Å². The Labute approximate surface area is 162 Å². The number of nitrogens with two attached hydrogens (primary N) is 2. The third kappa shape index (κ3) is 8.31. The molecule has 0 aliphatic carbocycles. The molecule has 0 rings (SSSR count). The summed E-state index contributed by atoms with van der Waals surface area (Å²) in [5.41, 5.74) is 10.5. The van der Waals surface area contributed by atoms with Crippen LogP contribution in [0.1, 0.15) is 33.6 Å². The lowest BCUT2D eigenvalue weighted by molar-refractivity contribution is -0.144. The number of rotatable bonds is 12. The van der Waals surface area contributed by atoms with Gasteiger partial charge in [0.2, 0.25) is 23.6 Å². The molecule has 0 bridgehead atoms. The number of hydrogen-bond donors (Lipinski definition) is 7. The molecular weight excluding hydrogens is 374 g/mol. The Hall–Kier alpha value is -2.73. The third-order valence-corrected chi connectivity index (χ3v) is 4.04. The Kier molecular flexibility index (Phi) is 10.7. The first-order valence-electron chi connectivity index (χ1n) is 8.73. The summed E-state index contributed by atoms with van der Waals surface area (Å²) in [5.74, 6) is -5.17. The fourth-order valence-corrected chi connectivity index (χ4v) is 2.12. The summed E-state index contributed by atoms with van der Waals surface area (Å²) in [4.78, 5) is 58.8. The van der Waals surface area contributed by atoms with E-state index in [0.29, 0.717) is 6.42 Å². The normalized spacial score (nSPS) is 16.0.